The fourth-order valence-corrected chi connectivity index (χ4v) is 1.85. The SMILES string of the molecule is Cc1nnc([C@H](C)N[C@H](C)c2cc(F)c(F)c(F)c2)o1. The second-order valence-corrected chi connectivity index (χ2v) is 4.57. The molecule has 20 heavy (non-hydrogen) atoms. The molecule has 0 radical (unpaired) electrons. The molecule has 0 bridgehead atoms. The molecule has 2 aromatic rings. The molecule has 1 aromatic heterocycles. The van der Waals surface area contributed by atoms with E-state index in [1.165, 1.54) is 0 Å². The summed E-state index contributed by atoms with van der Waals surface area (Å²) >= 11 is 0. The van der Waals surface area contributed by atoms with Crippen LogP contribution in [0.5, 0.6) is 0 Å². The number of rotatable bonds is 4. The minimum Gasteiger partial charge on any atom is -0.424 e. The monoisotopic (exact) mass is 285 g/mol. The maximum absolute atomic E-state index is 13.2. The molecule has 7 heteroatoms. The molecule has 0 fully saturated rings. The van der Waals surface area contributed by atoms with Crippen LogP contribution in [0.3, 0.4) is 0 Å². The van der Waals surface area contributed by atoms with Gasteiger partial charge in [0.05, 0.1) is 6.04 Å². The van der Waals surface area contributed by atoms with E-state index < -0.39 is 23.5 Å². The van der Waals surface area contributed by atoms with E-state index in [1.54, 1.807) is 20.8 Å². The standard InChI is InChI=1S/C13H14F3N3O/c1-6(9-4-10(14)12(16)11(15)5-9)17-7(2)13-19-18-8(3)20-13/h4-7,17H,1-3H3/t6-,7+/m1/s1. The number of hydrogen-bond donors (Lipinski definition) is 1. The Morgan fingerprint density at radius 3 is 2.15 bits per heavy atom. The van der Waals surface area contributed by atoms with E-state index in [9.17, 15) is 13.2 Å². The Hall–Kier alpha value is -1.89. The van der Waals surface area contributed by atoms with E-state index in [-0.39, 0.29) is 6.04 Å². The van der Waals surface area contributed by atoms with E-state index in [2.05, 4.69) is 15.5 Å². The van der Waals surface area contributed by atoms with E-state index in [1.807, 2.05) is 0 Å². The molecule has 2 atom stereocenters. The minimum absolute atomic E-state index is 0.296. The number of aromatic nitrogens is 2. The van der Waals surface area contributed by atoms with Gasteiger partial charge in [-0.15, -0.1) is 10.2 Å². The molecule has 0 saturated carbocycles. The summed E-state index contributed by atoms with van der Waals surface area (Å²) < 4.78 is 44.5. The lowest BCUT2D eigenvalue weighted by atomic mass is 10.1. The third kappa shape index (κ3) is 2.98. The first-order valence-corrected chi connectivity index (χ1v) is 6.09. The average Bonchev–Trinajstić information content (AvgIpc) is 2.82. The minimum atomic E-state index is -1.47. The number of nitrogens with zero attached hydrogens (tertiary/aromatic N) is 2. The molecule has 0 aliphatic heterocycles. The predicted molar refractivity (Wildman–Crippen MR) is 65.3 cm³/mol. The van der Waals surface area contributed by atoms with Gasteiger partial charge >= 0.3 is 0 Å². The van der Waals surface area contributed by atoms with E-state index >= 15 is 0 Å². The largest absolute Gasteiger partial charge is 0.424 e. The molecule has 2 rings (SSSR count). The van der Waals surface area contributed by atoms with E-state index in [0.717, 1.165) is 12.1 Å². The Morgan fingerprint density at radius 2 is 1.65 bits per heavy atom. The van der Waals surface area contributed by atoms with Gasteiger partial charge in [-0.1, -0.05) is 0 Å². The molecule has 1 N–H and O–H groups in total. The summed E-state index contributed by atoms with van der Waals surface area (Å²) in [5.74, 6) is -3.09. The van der Waals surface area contributed by atoms with Crippen molar-refractivity contribution in [2.75, 3.05) is 0 Å². The van der Waals surface area contributed by atoms with Gasteiger partial charge in [0.2, 0.25) is 11.8 Å². The smallest absolute Gasteiger partial charge is 0.233 e. The number of aryl methyl sites for hydroxylation is 1. The highest BCUT2D eigenvalue weighted by atomic mass is 19.2. The van der Waals surface area contributed by atoms with Crippen molar-refractivity contribution in [2.24, 2.45) is 0 Å². The lowest BCUT2D eigenvalue weighted by Crippen LogP contribution is -2.23. The summed E-state index contributed by atoms with van der Waals surface area (Å²) in [6.45, 7) is 5.14. The zero-order chi connectivity index (χ0) is 14.9. The van der Waals surface area contributed by atoms with Gasteiger partial charge in [-0.05, 0) is 31.5 Å². The molecule has 108 valence electrons. The Bertz CT molecular complexity index is 592. The molecule has 0 unspecified atom stereocenters. The molecule has 0 aliphatic rings. The van der Waals surface area contributed by atoms with Crippen molar-refractivity contribution in [2.45, 2.75) is 32.9 Å². The first kappa shape index (κ1) is 14.5. The van der Waals surface area contributed by atoms with Crippen LogP contribution in [0.15, 0.2) is 16.5 Å². The van der Waals surface area contributed by atoms with Crippen LogP contribution in [0.25, 0.3) is 0 Å². The Labute approximate surface area is 114 Å². The summed E-state index contributed by atoms with van der Waals surface area (Å²) in [6, 6.07) is 1.20. The van der Waals surface area contributed by atoms with Crippen molar-refractivity contribution in [3.8, 4) is 0 Å². The molecular weight excluding hydrogens is 271 g/mol. The Morgan fingerprint density at radius 1 is 1.05 bits per heavy atom. The highest BCUT2D eigenvalue weighted by molar-refractivity contribution is 5.22. The van der Waals surface area contributed by atoms with Crippen molar-refractivity contribution < 1.29 is 17.6 Å². The highest BCUT2D eigenvalue weighted by Gasteiger charge is 2.18. The number of halogens is 3. The number of hydrogen-bond acceptors (Lipinski definition) is 4. The first-order valence-electron chi connectivity index (χ1n) is 6.09. The van der Waals surface area contributed by atoms with Gasteiger partial charge in [0.15, 0.2) is 17.5 Å². The van der Waals surface area contributed by atoms with Crippen LogP contribution in [0.1, 0.15) is 43.3 Å². The van der Waals surface area contributed by atoms with Crippen LogP contribution < -0.4 is 5.32 Å². The van der Waals surface area contributed by atoms with Crippen LogP contribution in [-0.4, -0.2) is 10.2 Å². The molecular formula is C13H14F3N3O. The molecule has 4 nitrogen and oxygen atoms in total. The molecule has 0 aliphatic carbocycles. The normalized spacial score (nSPS) is 14.3. The summed E-state index contributed by atoms with van der Waals surface area (Å²) in [5.41, 5.74) is 0.296. The Kier molecular flexibility index (Phi) is 4.08. The zero-order valence-electron chi connectivity index (χ0n) is 11.2. The van der Waals surface area contributed by atoms with E-state index in [0.29, 0.717) is 17.3 Å². The molecule has 1 heterocycles. The van der Waals surface area contributed by atoms with Crippen molar-refractivity contribution in [3.63, 3.8) is 0 Å². The third-order valence-corrected chi connectivity index (χ3v) is 2.92. The van der Waals surface area contributed by atoms with Gasteiger partial charge in [0.1, 0.15) is 0 Å². The summed E-state index contributed by atoms with van der Waals surface area (Å²) in [5, 5.41) is 10.6. The van der Waals surface area contributed by atoms with Crippen molar-refractivity contribution in [1.82, 2.24) is 15.5 Å². The summed E-state index contributed by atoms with van der Waals surface area (Å²) in [4.78, 5) is 0. The van der Waals surface area contributed by atoms with Gasteiger partial charge in [-0.2, -0.15) is 0 Å². The zero-order valence-corrected chi connectivity index (χ0v) is 11.2. The Balaban J connectivity index is 2.14. The van der Waals surface area contributed by atoms with Crippen LogP contribution in [0, 0.1) is 24.4 Å². The predicted octanol–water partition coefficient (Wildman–Crippen LogP) is 3.21. The topological polar surface area (TPSA) is 51.0 Å². The van der Waals surface area contributed by atoms with Crippen LogP contribution in [-0.2, 0) is 0 Å². The molecule has 0 spiro atoms. The quantitative estimate of drug-likeness (QED) is 0.876. The fourth-order valence-electron chi connectivity index (χ4n) is 1.85. The van der Waals surface area contributed by atoms with Gasteiger partial charge < -0.3 is 4.42 Å². The van der Waals surface area contributed by atoms with Gasteiger partial charge in [-0.25, -0.2) is 13.2 Å². The number of nitrogens with one attached hydrogen (secondary N) is 1. The highest BCUT2D eigenvalue weighted by Crippen LogP contribution is 2.22. The third-order valence-electron chi connectivity index (χ3n) is 2.92. The summed E-state index contributed by atoms with van der Waals surface area (Å²) in [6.07, 6.45) is 0. The molecule has 1 aromatic carbocycles. The lowest BCUT2D eigenvalue weighted by Gasteiger charge is -2.18. The maximum atomic E-state index is 13.2. The van der Waals surface area contributed by atoms with Crippen LogP contribution >= 0.6 is 0 Å². The maximum Gasteiger partial charge on any atom is 0.233 e. The number of benzene rings is 1. The van der Waals surface area contributed by atoms with Gasteiger partial charge in [-0.3, -0.25) is 5.32 Å². The van der Waals surface area contributed by atoms with Gasteiger partial charge in [0, 0.05) is 13.0 Å². The average molecular weight is 285 g/mol. The second-order valence-electron chi connectivity index (χ2n) is 4.57. The second kappa shape index (κ2) is 5.62. The van der Waals surface area contributed by atoms with E-state index in [4.69, 9.17) is 4.42 Å². The van der Waals surface area contributed by atoms with Crippen molar-refractivity contribution in [3.05, 3.63) is 46.9 Å². The first-order chi connectivity index (χ1) is 9.38. The van der Waals surface area contributed by atoms with Crippen molar-refractivity contribution in [1.29, 1.82) is 0 Å². The lowest BCUT2D eigenvalue weighted by molar-refractivity contribution is 0.377. The van der Waals surface area contributed by atoms with Crippen LogP contribution in [0.4, 0.5) is 13.2 Å². The molecule has 0 saturated heterocycles. The summed E-state index contributed by atoms with van der Waals surface area (Å²) in [7, 11) is 0. The van der Waals surface area contributed by atoms with Gasteiger partial charge in [0.25, 0.3) is 0 Å². The fraction of sp³-hybridized carbons (Fsp3) is 0.385. The molecule has 0 amide bonds. The van der Waals surface area contributed by atoms with Crippen LogP contribution in [0.2, 0.25) is 0 Å². The van der Waals surface area contributed by atoms with Crippen molar-refractivity contribution >= 4 is 0 Å².